The number of thiocarbonyl (C=S) groups is 1. The lowest BCUT2D eigenvalue weighted by Gasteiger charge is -2.37. The Balaban J connectivity index is 1.63. The van der Waals surface area contributed by atoms with Crippen molar-refractivity contribution in [3.8, 4) is 17.1 Å². The smallest absolute Gasteiger partial charge is 0.258 e. The summed E-state index contributed by atoms with van der Waals surface area (Å²) in [7, 11) is 1.61. The second kappa shape index (κ2) is 9.31. The fourth-order valence-electron chi connectivity index (χ4n) is 4.15. The lowest BCUT2D eigenvalue weighted by Crippen LogP contribution is -2.46. The van der Waals surface area contributed by atoms with Gasteiger partial charge in [0, 0.05) is 16.9 Å². The van der Waals surface area contributed by atoms with E-state index in [0.717, 1.165) is 33.8 Å². The fraction of sp³-hybridized carbons (Fsp3) is 0.148. The number of rotatable bonds is 5. The molecule has 3 aromatic carbocycles. The molecule has 0 saturated carbocycles. The molecular weight excluding hydrogens is 463 g/mol. The molecule has 6 nitrogen and oxygen atoms in total. The third-order valence-corrected chi connectivity index (χ3v) is 6.26. The van der Waals surface area contributed by atoms with Gasteiger partial charge in [-0.25, -0.2) is 4.39 Å². The quantitative estimate of drug-likeness (QED) is 0.344. The molecule has 0 spiro atoms. The second-order valence-electron chi connectivity index (χ2n) is 8.26. The van der Waals surface area contributed by atoms with E-state index in [-0.39, 0.29) is 5.82 Å². The minimum atomic E-state index is -0.468. The van der Waals surface area contributed by atoms with E-state index in [0.29, 0.717) is 22.4 Å². The minimum Gasteiger partial charge on any atom is -0.497 e. The number of hydrogen-bond acceptors (Lipinski definition) is 5. The molecule has 0 bridgehead atoms. The lowest BCUT2D eigenvalue weighted by atomic mass is 9.94. The molecule has 0 aliphatic carbocycles. The van der Waals surface area contributed by atoms with Crippen molar-refractivity contribution in [3.63, 3.8) is 0 Å². The van der Waals surface area contributed by atoms with E-state index >= 15 is 0 Å². The maximum absolute atomic E-state index is 14.2. The van der Waals surface area contributed by atoms with Crippen LogP contribution in [0.2, 0.25) is 0 Å². The summed E-state index contributed by atoms with van der Waals surface area (Å²) in [5.74, 6) is 1.17. The molecule has 1 unspecified atom stereocenters. The van der Waals surface area contributed by atoms with Gasteiger partial charge in [-0.1, -0.05) is 35.0 Å². The third-order valence-electron chi connectivity index (χ3n) is 5.96. The van der Waals surface area contributed by atoms with Crippen LogP contribution in [-0.2, 0) is 0 Å². The van der Waals surface area contributed by atoms with E-state index in [1.54, 1.807) is 13.2 Å². The predicted octanol–water partition coefficient (Wildman–Crippen LogP) is 6.06. The van der Waals surface area contributed by atoms with Gasteiger partial charge in [0.25, 0.3) is 5.89 Å². The molecular formula is C27H23FN4O2S. The van der Waals surface area contributed by atoms with Gasteiger partial charge in [0.15, 0.2) is 5.11 Å². The molecule has 8 heteroatoms. The van der Waals surface area contributed by atoms with Gasteiger partial charge in [0.2, 0.25) is 5.82 Å². The number of benzene rings is 3. The van der Waals surface area contributed by atoms with E-state index < -0.39 is 6.04 Å². The van der Waals surface area contributed by atoms with Crippen LogP contribution in [0.25, 0.3) is 17.0 Å². The Morgan fingerprint density at radius 2 is 1.77 bits per heavy atom. The molecule has 0 saturated heterocycles. The van der Waals surface area contributed by atoms with Crippen molar-refractivity contribution < 1.29 is 13.7 Å². The highest BCUT2D eigenvalue weighted by Gasteiger charge is 2.35. The van der Waals surface area contributed by atoms with Gasteiger partial charge < -0.3 is 14.6 Å². The number of ether oxygens (including phenoxy) is 1. The van der Waals surface area contributed by atoms with Crippen molar-refractivity contribution >= 4 is 28.6 Å². The molecule has 176 valence electrons. The monoisotopic (exact) mass is 486 g/mol. The maximum Gasteiger partial charge on any atom is 0.258 e. The van der Waals surface area contributed by atoms with Crippen molar-refractivity contribution in [2.24, 2.45) is 0 Å². The van der Waals surface area contributed by atoms with E-state index in [2.05, 4.69) is 10.5 Å². The standard InChI is InChI=1S/C27H23FN4O2S/c1-16-7-11-21(12-8-16)32-17(2)23(24(29-27(32)35)19-5-4-6-20(28)15-19)26-30-25(31-34-26)18-9-13-22(33-3)14-10-18/h4-15,24H,1-3H3,(H,29,35). The Morgan fingerprint density at radius 3 is 2.46 bits per heavy atom. The van der Waals surface area contributed by atoms with Crippen LogP contribution >= 0.6 is 12.2 Å². The molecule has 0 amide bonds. The summed E-state index contributed by atoms with van der Waals surface area (Å²) in [6.07, 6.45) is 0. The second-order valence-corrected chi connectivity index (χ2v) is 8.65. The number of aromatic nitrogens is 2. The summed E-state index contributed by atoms with van der Waals surface area (Å²) >= 11 is 5.75. The Hall–Kier alpha value is -4.04. The van der Waals surface area contributed by atoms with Crippen LogP contribution in [0.4, 0.5) is 10.1 Å². The van der Waals surface area contributed by atoms with Crippen LogP contribution in [0, 0.1) is 12.7 Å². The van der Waals surface area contributed by atoms with Crippen molar-refractivity contribution in [1.29, 1.82) is 0 Å². The summed E-state index contributed by atoms with van der Waals surface area (Å²) in [6.45, 7) is 3.98. The van der Waals surface area contributed by atoms with Gasteiger partial charge in [-0.3, -0.25) is 4.90 Å². The largest absolute Gasteiger partial charge is 0.497 e. The molecule has 1 aliphatic rings. The van der Waals surface area contributed by atoms with Crippen molar-refractivity contribution in [2.45, 2.75) is 19.9 Å². The van der Waals surface area contributed by atoms with Crippen LogP contribution in [0.15, 0.2) is 83.0 Å². The molecule has 0 radical (unpaired) electrons. The van der Waals surface area contributed by atoms with E-state index in [1.165, 1.54) is 12.1 Å². The number of aryl methyl sites for hydroxylation is 1. The first-order valence-electron chi connectivity index (χ1n) is 11.1. The Morgan fingerprint density at radius 1 is 1.03 bits per heavy atom. The normalized spacial score (nSPS) is 15.8. The van der Waals surface area contributed by atoms with Gasteiger partial charge in [0.1, 0.15) is 11.6 Å². The number of halogens is 1. The SMILES string of the molecule is COc1ccc(-c2noc(C3=C(C)N(c4ccc(C)cc4)C(=S)NC3c3cccc(F)c3)n2)cc1. The zero-order chi connectivity index (χ0) is 24.5. The van der Waals surface area contributed by atoms with Crippen LogP contribution in [0.5, 0.6) is 5.75 Å². The lowest BCUT2D eigenvalue weighted by molar-refractivity contribution is 0.403. The van der Waals surface area contributed by atoms with Gasteiger partial charge in [-0.05, 0) is 80.2 Å². The first-order chi connectivity index (χ1) is 16.9. The van der Waals surface area contributed by atoms with E-state index in [4.69, 9.17) is 26.5 Å². The summed E-state index contributed by atoms with van der Waals surface area (Å²) in [4.78, 5) is 6.62. The molecule has 1 aliphatic heterocycles. The highest BCUT2D eigenvalue weighted by Crippen LogP contribution is 2.39. The number of methoxy groups -OCH3 is 1. The third kappa shape index (κ3) is 4.40. The summed E-state index contributed by atoms with van der Waals surface area (Å²) < 4.78 is 25.2. The summed E-state index contributed by atoms with van der Waals surface area (Å²) in [6, 6.07) is 21.4. The molecule has 5 rings (SSSR count). The molecule has 4 aromatic rings. The molecule has 1 N–H and O–H groups in total. The number of anilines is 1. The van der Waals surface area contributed by atoms with Crippen molar-refractivity contribution in [3.05, 3.63) is 101 Å². The van der Waals surface area contributed by atoms with E-state index in [9.17, 15) is 4.39 Å². The van der Waals surface area contributed by atoms with Crippen molar-refractivity contribution in [2.75, 3.05) is 12.0 Å². The van der Waals surface area contributed by atoms with Crippen molar-refractivity contribution in [1.82, 2.24) is 15.5 Å². The zero-order valence-corrected chi connectivity index (χ0v) is 20.3. The van der Waals surface area contributed by atoms with Gasteiger partial charge >= 0.3 is 0 Å². The predicted molar refractivity (Wildman–Crippen MR) is 137 cm³/mol. The number of nitrogens with zero attached hydrogens (tertiary/aromatic N) is 3. The number of allylic oxidation sites excluding steroid dienone is 1. The number of nitrogens with one attached hydrogen (secondary N) is 1. The average molecular weight is 487 g/mol. The molecule has 1 aromatic heterocycles. The van der Waals surface area contributed by atoms with Crippen LogP contribution < -0.4 is 15.0 Å². The average Bonchev–Trinajstić information content (AvgIpc) is 3.34. The summed E-state index contributed by atoms with van der Waals surface area (Å²) in [5.41, 5.74) is 5.07. The van der Waals surface area contributed by atoms with Crippen LogP contribution in [-0.4, -0.2) is 22.4 Å². The first kappa shape index (κ1) is 22.7. The molecule has 35 heavy (non-hydrogen) atoms. The Bertz CT molecular complexity index is 1410. The van der Waals surface area contributed by atoms with Gasteiger partial charge in [-0.2, -0.15) is 4.98 Å². The topological polar surface area (TPSA) is 63.4 Å². The number of hydrogen-bond donors (Lipinski definition) is 1. The van der Waals surface area contributed by atoms with Gasteiger partial charge in [0.05, 0.1) is 18.7 Å². The zero-order valence-electron chi connectivity index (χ0n) is 19.4. The minimum absolute atomic E-state index is 0.328. The molecule has 2 heterocycles. The highest BCUT2D eigenvalue weighted by atomic mass is 32.1. The molecule has 1 atom stereocenters. The highest BCUT2D eigenvalue weighted by molar-refractivity contribution is 7.80. The first-order valence-corrected chi connectivity index (χ1v) is 11.5. The molecule has 0 fully saturated rings. The maximum atomic E-state index is 14.2. The Labute approximate surface area is 208 Å². The van der Waals surface area contributed by atoms with Gasteiger partial charge in [-0.15, -0.1) is 0 Å². The van der Waals surface area contributed by atoms with E-state index in [1.807, 2.05) is 73.3 Å². The summed E-state index contributed by atoms with van der Waals surface area (Å²) in [5, 5.41) is 8.07. The van der Waals surface area contributed by atoms with Crippen LogP contribution in [0.1, 0.15) is 30.0 Å². The fourth-order valence-corrected chi connectivity index (χ4v) is 4.51. The Kier molecular flexibility index (Phi) is 6.05. The van der Waals surface area contributed by atoms with Crippen LogP contribution in [0.3, 0.4) is 0 Å².